The van der Waals surface area contributed by atoms with E-state index >= 15 is 0 Å². The monoisotopic (exact) mass is 200 g/mol. The van der Waals surface area contributed by atoms with Crippen LogP contribution in [-0.4, -0.2) is 55.5 Å². The van der Waals surface area contributed by atoms with Gasteiger partial charge >= 0.3 is 0 Å². The summed E-state index contributed by atoms with van der Waals surface area (Å²) in [5.74, 6) is 0. The van der Waals surface area contributed by atoms with Crippen LogP contribution in [0.25, 0.3) is 0 Å². The van der Waals surface area contributed by atoms with Gasteiger partial charge in [-0.05, 0) is 6.92 Å². The predicted molar refractivity (Wildman–Crippen MR) is 41.6 cm³/mol. The van der Waals surface area contributed by atoms with Gasteiger partial charge in [0.2, 0.25) is 0 Å². The van der Waals surface area contributed by atoms with Crippen molar-refractivity contribution in [3.05, 3.63) is 0 Å². The maximum atomic E-state index is 9.02. The zero-order chi connectivity index (χ0) is 9.89. The molecule has 0 aliphatic heterocycles. The molecule has 0 saturated carbocycles. The minimum atomic E-state index is -1.68. The van der Waals surface area contributed by atoms with Crippen molar-refractivity contribution in [1.29, 1.82) is 0 Å². The van der Waals surface area contributed by atoms with Crippen LogP contribution >= 0.6 is 11.6 Å². The first kappa shape index (κ1) is 12.1. The fourth-order valence-electron chi connectivity index (χ4n) is 0.650. The third kappa shape index (κ3) is 3.22. The van der Waals surface area contributed by atoms with Crippen molar-refractivity contribution in [3.63, 3.8) is 0 Å². The largest absolute Gasteiger partial charge is 0.391 e. The van der Waals surface area contributed by atoms with Crippen molar-refractivity contribution in [2.24, 2.45) is 0 Å². The average molecular weight is 201 g/mol. The predicted octanol–water partition coefficient (Wildman–Crippen LogP) is -1.99. The molecule has 0 fully saturated rings. The van der Waals surface area contributed by atoms with Crippen LogP contribution < -0.4 is 0 Å². The van der Waals surface area contributed by atoms with Crippen molar-refractivity contribution in [1.82, 2.24) is 0 Å². The summed E-state index contributed by atoms with van der Waals surface area (Å²) >= 11 is 5.02. The smallest absolute Gasteiger partial charge is 0.156 e. The van der Waals surface area contributed by atoms with Gasteiger partial charge in [-0.25, -0.2) is 0 Å². The molecule has 0 spiro atoms. The molecule has 0 saturated heterocycles. The SMILES string of the molecule is C[C@H](O)[C@@H](O)[C@H](O)[C@H](O)C(O)Cl. The Morgan fingerprint density at radius 2 is 1.25 bits per heavy atom. The molecule has 0 aliphatic carbocycles. The lowest BCUT2D eigenvalue weighted by Gasteiger charge is -2.25. The van der Waals surface area contributed by atoms with Gasteiger partial charge in [-0.15, -0.1) is 0 Å². The molecular formula is C6H13ClO5. The van der Waals surface area contributed by atoms with E-state index in [-0.39, 0.29) is 0 Å². The number of hydrogen-bond donors (Lipinski definition) is 5. The second-order valence-corrected chi connectivity index (χ2v) is 3.03. The van der Waals surface area contributed by atoms with Crippen molar-refractivity contribution in [2.75, 3.05) is 0 Å². The highest BCUT2D eigenvalue weighted by atomic mass is 35.5. The maximum absolute atomic E-state index is 9.02. The molecule has 0 aromatic heterocycles. The fourth-order valence-corrected chi connectivity index (χ4v) is 0.799. The molecule has 0 aliphatic rings. The first-order valence-corrected chi connectivity index (χ1v) is 3.86. The quantitative estimate of drug-likeness (QED) is 0.338. The summed E-state index contributed by atoms with van der Waals surface area (Å²) in [6.45, 7) is 1.24. The summed E-state index contributed by atoms with van der Waals surface area (Å²) in [7, 11) is 0. The van der Waals surface area contributed by atoms with E-state index in [1.807, 2.05) is 0 Å². The average Bonchev–Trinajstić information content (AvgIpc) is 2.00. The summed E-state index contributed by atoms with van der Waals surface area (Å²) < 4.78 is 0. The number of rotatable bonds is 4. The highest BCUT2D eigenvalue weighted by Gasteiger charge is 2.31. The van der Waals surface area contributed by atoms with Crippen LogP contribution in [0.2, 0.25) is 0 Å². The zero-order valence-electron chi connectivity index (χ0n) is 6.50. The van der Waals surface area contributed by atoms with Crippen LogP contribution in [0, 0.1) is 0 Å². The van der Waals surface area contributed by atoms with E-state index in [0.29, 0.717) is 0 Å². The normalized spacial score (nSPS) is 24.2. The molecule has 6 heteroatoms. The first-order chi connectivity index (χ1) is 5.37. The van der Waals surface area contributed by atoms with Gasteiger partial charge in [0.25, 0.3) is 0 Å². The van der Waals surface area contributed by atoms with Gasteiger partial charge < -0.3 is 25.5 Å². The molecule has 0 amide bonds. The van der Waals surface area contributed by atoms with Gasteiger partial charge in [0, 0.05) is 0 Å². The van der Waals surface area contributed by atoms with Crippen molar-refractivity contribution in [3.8, 4) is 0 Å². The van der Waals surface area contributed by atoms with Crippen LogP contribution in [0.1, 0.15) is 6.92 Å². The molecule has 0 radical (unpaired) electrons. The second kappa shape index (κ2) is 4.96. The molecule has 5 atom stereocenters. The van der Waals surface area contributed by atoms with Crippen LogP contribution in [0.4, 0.5) is 0 Å². The van der Waals surface area contributed by atoms with Gasteiger partial charge in [0.05, 0.1) is 6.10 Å². The number of aliphatic hydroxyl groups excluding tert-OH is 5. The van der Waals surface area contributed by atoms with Crippen LogP contribution in [-0.2, 0) is 0 Å². The van der Waals surface area contributed by atoms with E-state index in [1.165, 1.54) is 6.92 Å². The molecule has 74 valence electrons. The van der Waals surface area contributed by atoms with Crippen LogP contribution in [0.15, 0.2) is 0 Å². The third-order valence-corrected chi connectivity index (χ3v) is 1.73. The van der Waals surface area contributed by atoms with Crippen LogP contribution in [0.5, 0.6) is 0 Å². The summed E-state index contributed by atoms with van der Waals surface area (Å²) in [6, 6.07) is 0. The molecule has 1 unspecified atom stereocenters. The maximum Gasteiger partial charge on any atom is 0.156 e. The Kier molecular flexibility index (Phi) is 5.00. The topological polar surface area (TPSA) is 101 Å². The Hall–Kier alpha value is 0.0900. The summed E-state index contributed by atoms with van der Waals surface area (Å²) in [6.07, 6.45) is -6.09. The second-order valence-electron chi connectivity index (χ2n) is 2.59. The van der Waals surface area contributed by atoms with Gasteiger partial charge in [0.1, 0.15) is 18.3 Å². The van der Waals surface area contributed by atoms with Crippen molar-refractivity contribution >= 4 is 11.6 Å². The third-order valence-electron chi connectivity index (χ3n) is 1.48. The van der Waals surface area contributed by atoms with Crippen LogP contribution in [0.3, 0.4) is 0 Å². The Balaban J connectivity index is 4.08. The molecule has 0 aromatic carbocycles. The Bertz CT molecular complexity index is 115. The van der Waals surface area contributed by atoms with E-state index in [0.717, 1.165) is 0 Å². The standard InChI is InChI=1S/C6H13ClO5/c1-2(8)3(9)4(10)5(11)6(7)12/h2-6,8-12H,1H3/t2-,3+,4-,5-,6?/m0/s1. The minimum absolute atomic E-state index is 1.20. The lowest BCUT2D eigenvalue weighted by molar-refractivity contribution is -0.117. The van der Waals surface area contributed by atoms with Crippen molar-refractivity contribution < 1.29 is 25.5 Å². The fraction of sp³-hybridized carbons (Fsp3) is 1.00. The van der Waals surface area contributed by atoms with E-state index in [2.05, 4.69) is 0 Å². The van der Waals surface area contributed by atoms with Gasteiger partial charge in [-0.1, -0.05) is 11.6 Å². The highest BCUT2D eigenvalue weighted by Crippen LogP contribution is 2.09. The Morgan fingerprint density at radius 3 is 1.50 bits per heavy atom. The number of aliphatic hydroxyl groups is 5. The molecule has 0 aromatic rings. The highest BCUT2D eigenvalue weighted by molar-refractivity contribution is 6.19. The summed E-state index contributed by atoms with van der Waals surface area (Å²) in [5, 5.41) is 44.3. The molecule has 0 heterocycles. The first-order valence-electron chi connectivity index (χ1n) is 3.42. The summed E-state index contributed by atoms with van der Waals surface area (Å²) in [5.41, 5.74) is -1.67. The molecule has 0 rings (SSSR count). The van der Waals surface area contributed by atoms with E-state index < -0.39 is 30.0 Å². The molecule has 12 heavy (non-hydrogen) atoms. The summed E-state index contributed by atoms with van der Waals surface area (Å²) in [4.78, 5) is 0. The lowest BCUT2D eigenvalue weighted by atomic mass is 10.0. The van der Waals surface area contributed by atoms with E-state index in [9.17, 15) is 0 Å². The van der Waals surface area contributed by atoms with E-state index in [1.54, 1.807) is 0 Å². The number of alkyl halides is 1. The molecule has 5 nitrogen and oxygen atoms in total. The lowest BCUT2D eigenvalue weighted by Crippen LogP contribution is -2.46. The number of hydrogen-bond acceptors (Lipinski definition) is 5. The van der Waals surface area contributed by atoms with Crippen molar-refractivity contribution in [2.45, 2.75) is 36.9 Å². The Morgan fingerprint density at radius 1 is 0.833 bits per heavy atom. The Labute approximate surface area is 74.8 Å². The van der Waals surface area contributed by atoms with E-state index in [4.69, 9.17) is 37.1 Å². The number of halogens is 1. The van der Waals surface area contributed by atoms with Gasteiger partial charge in [0.15, 0.2) is 5.56 Å². The van der Waals surface area contributed by atoms with Gasteiger partial charge in [-0.2, -0.15) is 0 Å². The molecule has 0 bridgehead atoms. The molecular weight excluding hydrogens is 188 g/mol. The van der Waals surface area contributed by atoms with Gasteiger partial charge in [-0.3, -0.25) is 0 Å². The molecule has 5 N–H and O–H groups in total. The zero-order valence-corrected chi connectivity index (χ0v) is 7.26. The minimum Gasteiger partial charge on any atom is -0.391 e.